The average Bonchev–Trinajstić information content (AvgIpc) is 2.59. The number of rotatable bonds is 2. The maximum Gasteiger partial charge on any atom is 0.288 e. The van der Waals surface area contributed by atoms with E-state index in [0.717, 1.165) is 0 Å². The van der Waals surface area contributed by atoms with Crippen LogP contribution in [0.3, 0.4) is 0 Å². The van der Waals surface area contributed by atoms with Crippen molar-refractivity contribution in [2.45, 2.75) is 6.92 Å². The highest BCUT2D eigenvalue weighted by molar-refractivity contribution is 6.07. The van der Waals surface area contributed by atoms with Gasteiger partial charge in [-0.05, 0) is 43.3 Å². The number of aryl methyl sites for hydroxylation is 1. The molecule has 0 atom stereocenters. The van der Waals surface area contributed by atoms with Crippen LogP contribution in [0.15, 0.2) is 48.7 Å². The van der Waals surface area contributed by atoms with Crippen LogP contribution in [-0.4, -0.2) is 21.8 Å². The van der Waals surface area contributed by atoms with Crippen LogP contribution >= 0.6 is 0 Å². The number of amides is 2. The molecule has 0 spiro atoms. The van der Waals surface area contributed by atoms with Crippen molar-refractivity contribution < 1.29 is 14.0 Å². The number of hydrogen-bond donors (Lipinski definition) is 2. The highest BCUT2D eigenvalue weighted by atomic mass is 19.1. The Bertz CT molecular complexity index is 929. The second kappa shape index (κ2) is 6.41. The van der Waals surface area contributed by atoms with Gasteiger partial charge >= 0.3 is 0 Å². The van der Waals surface area contributed by atoms with Crippen molar-refractivity contribution in [3.63, 3.8) is 0 Å². The molecule has 2 aromatic heterocycles. The van der Waals surface area contributed by atoms with E-state index in [2.05, 4.69) is 20.8 Å². The average molecular weight is 324 g/mol. The molecule has 24 heavy (non-hydrogen) atoms. The summed E-state index contributed by atoms with van der Waals surface area (Å²) in [6.45, 7) is 1.73. The van der Waals surface area contributed by atoms with Gasteiger partial charge in [0, 0.05) is 17.3 Å². The van der Waals surface area contributed by atoms with E-state index in [4.69, 9.17) is 0 Å². The summed E-state index contributed by atoms with van der Waals surface area (Å²) in [5, 5.41) is 0.366. The SMILES string of the molecule is Cc1cc(C(=O)NNC(=O)c2ccccn2)c2cc(F)ccc2n1. The summed E-state index contributed by atoms with van der Waals surface area (Å²) < 4.78 is 13.5. The first-order valence-corrected chi connectivity index (χ1v) is 7.13. The third kappa shape index (κ3) is 3.19. The van der Waals surface area contributed by atoms with Gasteiger partial charge in [-0.1, -0.05) is 6.07 Å². The molecule has 7 heteroatoms. The van der Waals surface area contributed by atoms with Gasteiger partial charge in [-0.2, -0.15) is 0 Å². The summed E-state index contributed by atoms with van der Waals surface area (Å²) in [4.78, 5) is 32.4. The molecule has 0 aliphatic rings. The normalized spacial score (nSPS) is 10.4. The van der Waals surface area contributed by atoms with Crippen LogP contribution in [0.25, 0.3) is 10.9 Å². The topological polar surface area (TPSA) is 84.0 Å². The van der Waals surface area contributed by atoms with E-state index in [0.29, 0.717) is 16.6 Å². The van der Waals surface area contributed by atoms with Crippen LogP contribution < -0.4 is 10.9 Å². The number of benzene rings is 1. The summed E-state index contributed by atoms with van der Waals surface area (Å²) in [7, 11) is 0. The fourth-order valence-corrected chi connectivity index (χ4v) is 2.26. The minimum absolute atomic E-state index is 0.166. The number of carbonyl (C=O) groups excluding carboxylic acids is 2. The van der Waals surface area contributed by atoms with E-state index >= 15 is 0 Å². The zero-order valence-corrected chi connectivity index (χ0v) is 12.7. The Morgan fingerprint density at radius 2 is 1.83 bits per heavy atom. The Labute approximate surface area is 136 Å². The second-order valence-electron chi connectivity index (χ2n) is 5.10. The summed E-state index contributed by atoms with van der Waals surface area (Å²) >= 11 is 0. The zero-order chi connectivity index (χ0) is 17.1. The highest BCUT2D eigenvalue weighted by Gasteiger charge is 2.14. The van der Waals surface area contributed by atoms with E-state index in [-0.39, 0.29) is 11.3 Å². The van der Waals surface area contributed by atoms with Gasteiger partial charge in [0.25, 0.3) is 11.8 Å². The molecule has 6 nitrogen and oxygen atoms in total. The molecule has 3 rings (SSSR count). The van der Waals surface area contributed by atoms with Crippen LogP contribution in [-0.2, 0) is 0 Å². The Kier molecular flexibility index (Phi) is 4.15. The van der Waals surface area contributed by atoms with Gasteiger partial charge in [-0.25, -0.2) is 4.39 Å². The lowest BCUT2D eigenvalue weighted by atomic mass is 10.1. The lowest BCUT2D eigenvalue weighted by Gasteiger charge is -2.10. The number of aromatic nitrogens is 2. The first kappa shape index (κ1) is 15.5. The number of pyridine rings is 2. The third-order valence-corrected chi connectivity index (χ3v) is 3.33. The predicted molar refractivity (Wildman–Crippen MR) is 85.6 cm³/mol. The second-order valence-corrected chi connectivity index (χ2v) is 5.10. The number of fused-ring (bicyclic) bond motifs is 1. The van der Waals surface area contributed by atoms with Crippen LogP contribution in [0.1, 0.15) is 26.5 Å². The van der Waals surface area contributed by atoms with Crippen LogP contribution in [0.2, 0.25) is 0 Å². The molecule has 0 bridgehead atoms. The van der Waals surface area contributed by atoms with Gasteiger partial charge in [-0.15, -0.1) is 0 Å². The Balaban J connectivity index is 1.84. The monoisotopic (exact) mass is 324 g/mol. The lowest BCUT2D eigenvalue weighted by Crippen LogP contribution is -2.42. The molecule has 0 saturated carbocycles. The number of hydrogen-bond acceptors (Lipinski definition) is 4. The Hall–Kier alpha value is -3.35. The van der Waals surface area contributed by atoms with E-state index in [9.17, 15) is 14.0 Å². The molecular formula is C17H13FN4O2. The number of nitrogens with zero attached hydrogens (tertiary/aromatic N) is 2. The van der Waals surface area contributed by atoms with E-state index < -0.39 is 17.6 Å². The molecule has 120 valence electrons. The Morgan fingerprint density at radius 1 is 1.04 bits per heavy atom. The molecule has 1 aromatic carbocycles. The first-order valence-electron chi connectivity index (χ1n) is 7.13. The molecule has 3 aromatic rings. The summed E-state index contributed by atoms with van der Waals surface area (Å²) in [5.74, 6) is -1.59. The maximum absolute atomic E-state index is 13.5. The molecule has 2 heterocycles. The molecule has 2 amide bonds. The minimum Gasteiger partial charge on any atom is -0.267 e. The molecule has 0 saturated heterocycles. The summed E-state index contributed by atoms with van der Waals surface area (Å²) in [6.07, 6.45) is 1.47. The van der Waals surface area contributed by atoms with E-state index in [1.165, 1.54) is 36.5 Å². The van der Waals surface area contributed by atoms with Crippen molar-refractivity contribution in [3.05, 3.63) is 71.4 Å². The molecule has 0 aliphatic carbocycles. The largest absolute Gasteiger partial charge is 0.288 e. The third-order valence-electron chi connectivity index (χ3n) is 3.33. The quantitative estimate of drug-likeness (QED) is 0.708. The maximum atomic E-state index is 13.5. The highest BCUT2D eigenvalue weighted by Crippen LogP contribution is 2.19. The number of hydrazine groups is 1. The van der Waals surface area contributed by atoms with Gasteiger partial charge in [0.05, 0.1) is 11.1 Å². The fourth-order valence-electron chi connectivity index (χ4n) is 2.26. The molecule has 0 fully saturated rings. The van der Waals surface area contributed by atoms with Crippen LogP contribution in [0, 0.1) is 12.7 Å². The van der Waals surface area contributed by atoms with Crippen LogP contribution in [0.5, 0.6) is 0 Å². The van der Waals surface area contributed by atoms with E-state index in [1.807, 2.05) is 0 Å². The lowest BCUT2D eigenvalue weighted by molar-refractivity contribution is 0.0845. The molecule has 0 aliphatic heterocycles. The number of nitrogens with one attached hydrogen (secondary N) is 2. The predicted octanol–water partition coefficient (Wildman–Crippen LogP) is 2.15. The van der Waals surface area contributed by atoms with Gasteiger partial charge in [0.1, 0.15) is 11.5 Å². The van der Waals surface area contributed by atoms with E-state index in [1.54, 1.807) is 19.1 Å². The molecule has 0 radical (unpaired) electrons. The van der Waals surface area contributed by atoms with Crippen molar-refractivity contribution in [1.82, 2.24) is 20.8 Å². The van der Waals surface area contributed by atoms with Gasteiger partial charge in [0.2, 0.25) is 0 Å². The van der Waals surface area contributed by atoms with Gasteiger partial charge in [-0.3, -0.25) is 30.4 Å². The number of carbonyl (C=O) groups is 2. The van der Waals surface area contributed by atoms with Gasteiger partial charge in [0.15, 0.2) is 0 Å². The standard InChI is InChI=1S/C17H13FN4O2/c1-10-8-13(12-9-11(18)5-6-14(12)20-10)16(23)21-22-17(24)15-4-2-3-7-19-15/h2-9H,1H3,(H,21,23)(H,22,24). The fraction of sp³-hybridized carbons (Fsp3) is 0.0588. The van der Waals surface area contributed by atoms with Crippen molar-refractivity contribution >= 4 is 22.7 Å². The molecule has 0 unspecified atom stereocenters. The van der Waals surface area contributed by atoms with Gasteiger partial charge < -0.3 is 0 Å². The molecule has 2 N–H and O–H groups in total. The van der Waals surface area contributed by atoms with Crippen LogP contribution in [0.4, 0.5) is 4.39 Å². The molecular weight excluding hydrogens is 311 g/mol. The number of halogens is 1. The van der Waals surface area contributed by atoms with Crippen molar-refractivity contribution in [3.8, 4) is 0 Å². The minimum atomic E-state index is -0.569. The summed E-state index contributed by atoms with van der Waals surface area (Å²) in [6, 6.07) is 10.4. The zero-order valence-electron chi connectivity index (χ0n) is 12.7. The van der Waals surface area contributed by atoms with Crippen molar-refractivity contribution in [2.75, 3.05) is 0 Å². The van der Waals surface area contributed by atoms with Crippen molar-refractivity contribution in [2.24, 2.45) is 0 Å². The smallest absolute Gasteiger partial charge is 0.267 e. The van der Waals surface area contributed by atoms with Crippen molar-refractivity contribution in [1.29, 1.82) is 0 Å². The summed E-state index contributed by atoms with van der Waals surface area (Å²) in [5.41, 5.74) is 6.08. The first-order chi connectivity index (χ1) is 11.5. The Morgan fingerprint density at radius 3 is 2.58 bits per heavy atom.